The molecule has 1 N–H and O–H groups in total. The van der Waals surface area contributed by atoms with E-state index in [1.807, 2.05) is 36.2 Å². The van der Waals surface area contributed by atoms with Crippen molar-refractivity contribution in [1.29, 1.82) is 0 Å². The number of aromatic amines is 1. The zero-order valence-corrected chi connectivity index (χ0v) is 20.8. The maximum Gasteiger partial charge on any atom is 0.309 e. The number of nitrogens with zero attached hydrogens (tertiary/aromatic N) is 4. The number of para-hydroxylation sites is 1. The quantitative estimate of drug-likeness (QED) is 0.375. The third-order valence-electron chi connectivity index (χ3n) is 6.75. The van der Waals surface area contributed by atoms with E-state index in [4.69, 9.17) is 9.47 Å². The highest BCUT2D eigenvalue weighted by Gasteiger charge is 2.29. The second-order valence-corrected chi connectivity index (χ2v) is 9.94. The van der Waals surface area contributed by atoms with Crippen LogP contribution in [0.4, 0.5) is 0 Å². The van der Waals surface area contributed by atoms with Crippen LogP contribution in [0, 0.1) is 5.92 Å². The standard InChI is InChI=1S/C25H31N5O4S/c1-2-33-24(32)17-9-11-29(12-10-17)22(31)16-35-25-28-27-23(30(25)15-18-6-5-13-34-18)20-14-26-21-8-4-3-7-19(20)21/h3-4,7-8,14,17-18,26H,2,5-6,9-13,15-16H2,1H3. The maximum atomic E-state index is 12.9. The highest BCUT2D eigenvalue weighted by atomic mass is 32.2. The minimum atomic E-state index is -0.152. The molecule has 4 heterocycles. The van der Waals surface area contributed by atoms with Crippen LogP contribution in [0.5, 0.6) is 0 Å². The van der Waals surface area contributed by atoms with E-state index in [9.17, 15) is 9.59 Å². The summed E-state index contributed by atoms with van der Waals surface area (Å²) >= 11 is 1.41. The maximum absolute atomic E-state index is 12.9. The van der Waals surface area contributed by atoms with Crippen molar-refractivity contribution in [3.8, 4) is 11.4 Å². The predicted octanol–water partition coefficient (Wildman–Crippen LogP) is 3.50. The van der Waals surface area contributed by atoms with Crippen LogP contribution in [0.25, 0.3) is 22.3 Å². The van der Waals surface area contributed by atoms with Crippen LogP contribution in [0.3, 0.4) is 0 Å². The number of likely N-dealkylation sites (tertiary alicyclic amines) is 1. The molecule has 0 bridgehead atoms. The normalized spacial score (nSPS) is 18.9. The fourth-order valence-corrected chi connectivity index (χ4v) is 5.70. The van der Waals surface area contributed by atoms with Gasteiger partial charge in [-0.25, -0.2) is 0 Å². The molecule has 9 nitrogen and oxygen atoms in total. The molecule has 0 radical (unpaired) electrons. The molecule has 0 aliphatic carbocycles. The van der Waals surface area contributed by atoms with E-state index in [-0.39, 0.29) is 29.7 Å². The molecule has 0 saturated carbocycles. The number of thioether (sulfide) groups is 1. The monoisotopic (exact) mass is 497 g/mol. The molecule has 2 aliphatic rings. The van der Waals surface area contributed by atoms with Crippen LogP contribution < -0.4 is 0 Å². The van der Waals surface area contributed by atoms with Crippen molar-refractivity contribution >= 4 is 34.5 Å². The number of aromatic nitrogens is 4. The molecule has 2 saturated heterocycles. The summed E-state index contributed by atoms with van der Waals surface area (Å²) in [5.74, 6) is 0.850. The van der Waals surface area contributed by atoms with Crippen molar-refractivity contribution in [1.82, 2.24) is 24.6 Å². The molecule has 5 rings (SSSR count). The zero-order chi connectivity index (χ0) is 24.2. The van der Waals surface area contributed by atoms with E-state index in [1.54, 1.807) is 0 Å². The van der Waals surface area contributed by atoms with Gasteiger partial charge < -0.3 is 19.4 Å². The molecular weight excluding hydrogens is 466 g/mol. The largest absolute Gasteiger partial charge is 0.466 e. The highest BCUT2D eigenvalue weighted by Crippen LogP contribution is 2.31. The summed E-state index contributed by atoms with van der Waals surface area (Å²) in [5, 5.41) is 10.8. The SMILES string of the molecule is CCOC(=O)C1CCN(C(=O)CSc2nnc(-c3c[nH]c4ccccc34)n2CC2CCCO2)CC1. The molecule has 35 heavy (non-hydrogen) atoms. The predicted molar refractivity (Wildman–Crippen MR) is 133 cm³/mol. The van der Waals surface area contributed by atoms with Crippen LogP contribution in [0.2, 0.25) is 0 Å². The van der Waals surface area contributed by atoms with Crippen molar-refractivity contribution in [2.24, 2.45) is 5.92 Å². The molecule has 1 unspecified atom stereocenters. The van der Waals surface area contributed by atoms with Crippen LogP contribution in [-0.4, -0.2) is 74.7 Å². The summed E-state index contributed by atoms with van der Waals surface area (Å²) in [6.45, 7) is 4.79. The molecule has 186 valence electrons. The minimum absolute atomic E-state index is 0.0534. The Balaban J connectivity index is 1.29. The summed E-state index contributed by atoms with van der Waals surface area (Å²) in [6.07, 6.45) is 5.44. The number of amides is 1. The van der Waals surface area contributed by atoms with Gasteiger partial charge in [-0.1, -0.05) is 30.0 Å². The number of piperidine rings is 1. The molecule has 1 amide bonds. The van der Waals surface area contributed by atoms with Gasteiger partial charge in [0.15, 0.2) is 11.0 Å². The van der Waals surface area contributed by atoms with Gasteiger partial charge in [0, 0.05) is 42.4 Å². The summed E-state index contributed by atoms with van der Waals surface area (Å²) in [7, 11) is 0. The first kappa shape index (κ1) is 23.9. The number of hydrogen-bond donors (Lipinski definition) is 1. The van der Waals surface area contributed by atoms with Crippen LogP contribution in [0.15, 0.2) is 35.6 Å². The molecule has 0 spiro atoms. The van der Waals surface area contributed by atoms with Gasteiger partial charge in [-0.05, 0) is 38.7 Å². The van der Waals surface area contributed by atoms with E-state index in [2.05, 4.69) is 25.8 Å². The van der Waals surface area contributed by atoms with E-state index >= 15 is 0 Å². The first-order chi connectivity index (χ1) is 17.1. The van der Waals surface area contributed by atoms with Gasteiger partial charge in [0.05, 0.1) is 30.9 Å². The number of fused-ring (bicyclic) bond motifs is 1. The fraction of sp³-hybridized carbons (Fsp3) is 0.520. The number of rotatable bonds is 8. The van der Waals surface area contributed by atoms with Crippen LogP contribution in [-0.2, 0) is 25.6 Å². The summed E-state index contributed by atoms with van der Waals surface area (Å²) < 4.78 is 13.1. The second kappa shape index (κ2) is 10.8. The topological polar surface area (TPSA) is 102 Å². The number of carbonyl (C=O) groups is 2. The number of nitrogens with one attached hydrogen (secondary N) is 1. The Labute approximate surface area is 208 Å². The molecular formula is C25H31N5O4S. The van der Waals surface area contributed by atoms with Crippen LogP contribution >= 0.6 is 11.8 Å². The highest BCUT2D eigenvalue weighted by molar-refractivity contribution is 7.99. The van der Waals surface area contributed by atoms with Crippen molar-refractivity contribution in [3.63, 3.8) is 0 Å². The van der Waals surface area contributed by atoms with E-state index < -0.39 is 0 Å². The Morgan fingerprint density at radius 2 is 2.03 bits per heavy atom. The average molecular weight is 498 g/mol. The van der Waals surface area contributed by atoms with E-state index in [0.29, 0.717) is 39.1 Å². The third kappa shape index (κ3) is 5.23. The molecule has 3 aromatic rings. The molecule has 1 atom stereocenters. The summed E-state index contributed by atoms with van der Waals surface area (Å²) in [6, 6.07) is 8.13. The van der Waals surface area contributed by atoms with Gasteiger partial charge >= 0.3 is 5.97 Å². The van der Waals surface area contributed by atoms with Crippen molar-refractivity contribution in [2.45, 2.75) is 50.4 Å². The summed E-state index contributed by atoms with van der Waals surface area (Å²) in [4.78, 5) is 30.1. The number of H-pyrrole nitrogens is 1. The molecule has 2 aliphatic heterocycles. The van der Waals surface area contributed by atoms with Gasteiger partial charge in [-0.3, -0.25) is 14.2 Å². The van der Waals surface area contributed by atoms with Crippen LogP contribution in [0.1, 0.15) is 32.6 Å². The lowest BCUT2D eigenvalue weighted by Gasteiger charge is -2.30. The van der Waals surface area contributed by atoms with E-state index in [1.165, 1.54) is 11.8 Å². The fourth-order valence-electron chi connectivity index (χ4n) is 4.85. The van der Waals surface area contributed by atoms with Crippen molar-refractivity contribution in [3.05, 3.63) is 30.5 Å². The Morgan fingerprint density at radius 1 is 1.20 bits per heavy atom. The average Bonchev–Trinajstić information content (AvgIpc) is 3.63. The van der Waals surface area contributed by atoms with E-state index in [0.717, 1.165) is 46.9 Å². The first-order valence-corrected chi connectivity index (χ1v) is 13.3. The molecule has 2 aromatic heterocycles. The van der Waals surface area contributed by atoms with Gasteiger partial charge in [-0.15, -0.1) is 10.2 Å². The van der Waals surface area contributed by atoms with Gasteiger partial charge in [0.1, 0.15) is 0 Å². The zero-order valence-electron chi connectivity index (χ0n) is 19.9. The lowest BCUT2D eigenvalue weighted by atomic mass is 9.97. The van der Waals surface area contributed by atoms with Gasteiger partial charge in [-0.2, -0.15) is 0 Å². The van der Waals surface area contributed by atoms with Crippen molar-refractivity contribution in [2.75, 3.05) is 32.1 Å². The number of ether oxygens (including phenoxy) is 2. The van der Waals surface area contributed by atoms with Gasteiger partial charge in [0.2, 0.25) is 5.91 Å². The Kier molecular flexibility index (Phi) is 7.38. The van der Waals surface area contributed by atoms with Crippen molar-refractivity contribution < 1.29 is 19.1 Å². The summed E-state index contributed by atoms with van der Waals surface area (Å²) in [5.41, 5.74) is 2.04. The molecule has 1 aromatic carbocycles. The lowest BCUT2D eigenvalue weighted by Crippen LogP contribution is -2.41. The molecule has 2 fully saturated rings. The first-order valence-electron chi connectivity index (χ1n) is 12.3. The Morgan fingerprint density at radius 3 is 2.80 bits per heavy atom. The Bertz CT molecular complexity index is 1180. The smallest absolute Gasteiger partial charge is 0.309 e. The number of carbonyl (C=O) groups excluding carboxylic acids is 2. The third-order valence-corrected chi connectivity index (χ3v) is 7.70. The molecule has 10 heteroatoms. The minimum Gasteiger partial charge on any atom is -0.466 e. The lowest BCUT2D eigenvalue weighted by molar-refractivity contribution is -0.151. The Hall–Kier alpha value is -2.85. The van der Waals surface area contributed by atoms with Gasteiger partial charge in [0.25, 0.3) is 0 Å². The number of hydrogen-bond acceptors (Lipinski definition) is 7. The number of esters is 1. The number of benzene rings is 1. The second-order valence-electron chi connectivity index (χ2n) is 9.00.